The maximum atomic E-state index is 11.7. The van der Waals surface area contributed by atoms with Crippen molar-refractivity contribution in [1.82, 2.24) is 10.3 Å². The van der Waals surface area contributed by atoms with Gasteiger partial charge in [0.05, 0.1) is 6.54 Å². The molecule has 0 saturated carbocycles. The van der Waals surface area contributed by atoms with Crippen LogP contribution in [0.5, 0.6) is 0 Å². The molecule has 0 aromatic carbocycles. The van der Waals surface area contributed by atoms with Crippen LogP contribution < -0.4 is 16.4 Å². The van der Waals surface area contributed by atoms with E-state index in [0.717, 1.165) is 0 Å². The van der Waals surface area contributed by atoms with Crippen molar-refractivity contribution in [3.8, 4) is 12.3 Å². The monoisotopic (exact) mass is 252 g/mol. The molecule has 1 aromatic heterocycles. The second-order valence-corrected chi connectivity index (χ2v) is 5.49. The van der Waals surface area contributed by atoms with Crippen molar-refractivity contribution in [3.63, 3.8) is 0 Å². The predicted molar refractivity (Wildman–Crippen MR) is 71.1 cm³/mol. The fourth-order valence-electron chi connectivity index (χ4n) is 1.08. The smallest absolute Gasteiger partial charge is 0.266 e. The molecule has 0 fully saturated rings. The van der Waals surface area contributed by atoms with Gasteiger partial charge in [-0.25, -0.2) is 4.98 Å². The van der Waals surface area contributed by atoms with Crippen LogP contribution in [0.25, 0.3) is 0 Å². The predicted octanol–water partition coefficient (Wildman–Crippen LogP) is 1.30. The first kappa shape index (κ1) is 13.3. The van der Waals surface area contributed by atoms with Crippen molar-refractivity contribution < 1.29 is 4.79 Å². The second kappa shape index (κ2) is 5.06. The van der Waals surface area contributed by atoms with Gasteiger partial charge < -0.3 is 16.4 Å². The van der Waals surface area contributed by atoms with Crippen molar-refractivity contribution in [1.29, 1.82) is 0 Å². The van der Waals surface area contributed by atoms with E-state index in [0.29, 0.717) is 10.0 Å². The van der Waals surface area contributed by atoms with Gasteiger partial charge >= 0.3 is 0 Å². The lowest BCUT2D eigenvalue weighted by Gasteiger charge is -2.19. The number of anilines is 2. The molecule has 0 aliphatic carbocycles. The largest absolute Gasteiger partial charge is 0.382 e. The highest BCUT2D eigenvalue weighted by Gasteiger charge is 2.18. The van der Waals surface area contributed by atoms with Crippen LogP contribution >= 0.6 is 11.3 Å². The molecule has 1 heterocycles. The lowest BCUT2D eigenvalue weighted by atomic mass is 10.1. The Morgan fingerprint density at radius 3 is 2.76 bits per heavy atom. The number of thiazole rings is 1. The maximum absolute atomic E-state index is 11.7. The maximum Gasteiger partial charge on any atom is 0.266 e. The normalized spacial score (nSPS) is 10.7. The summed E-state index contributed by atoms with van der Waals surface area (Å²) in [6.07, 6.45) is 5.06. The number of hydrogen-bond acceptors (Lipinski definition) is 5. The Morgan fingerprint density at radius 2 is 2.24 bits per heavy atom. The molecule has 0 saturated heterocycles. The summed E-state index contributed by atoms with van der Waals surface area (Å²) < 4.78 is 0. The number of nitrogens with one attached hydrogen (secondary N) is 2. The highest BCUT2D eigenvalue weighted by molar-refractivity contribution is 7.18. The summed E-state index contributed by atoms with van der Waals surface area (Å²) in [6, 6.07) is 0. The first-order valence-corrected chi connectivity index (χ1v) is 5.91. The lowest BCUT2D eigenvalue weighted by Crippen LogP contribution is -2.25. The van der Waals surface area contributed by atoms with E-state index >= 15 is 0 Å². The molecule has 6 heteroatoms. The molecule has 0 atom stereocenters. The Bertz CT molecular complexity index is 453. The summed E-state index contributed by atoms with van der Waals surface area (Å²) in [5, 5.41) is 6.34. The van der Waals surface area contributed by atoms with Crippen LogP contribution in [-0.4, -0.2) is 23.0 Å². The third-order valence-electron chi connectivity index (χ3n) is 1.69. The molecule has 1 amide bonds. The van der Waals surface area contributed by atoms with Crippen molar-refractivity contribution in [2.75, 3.05) is 17.6 Å². The zero-order chi connectivity index (χ0) is 13.1. The van der Waals surface area contributed by atoms with Crippen molar-refractivity contribution in [2.45, 2.75) is 26.3 Å². The Kier molecular flexibility index (Phi) is 3.97. The third-order valence-corrected chi connectivity index (χ3v) is 2.68. The Labute approximate surface area is 105 Å². The topological polar surface area (TPSA) is 80.0 Å². The minimum atomic E-state index is -0.292. The fourth-order valence-corrected chi connectivity index (χ4v) is 2.09. The molecule has 17 heavy (non-hydrogen) atoms. The van der Waals surface area contributed by atoms with Crippen LogP contribution in [0.15, 0.2) is 0 Å². The Balaban J connectivity index is 2.82. The minimum absolute atomic E-state index is 0.128. The van der Waals surface area contributed by atoms with Gasteiger partial charge in [0.2, 0.25) is 0 Å². The number of nitrogens with zero attached hydrogens (tertiary/aromatic N) is 1. The number of terminal acetylenes is 1. The SMILES string of the molecule is C#CCNC(=O)c1sc(NC(C)(C)C)nc1N. The summed E-state index contributed by atoms with van der Waals surface area (Å²) in [5.74, 6) is 2.26. The average molecular weight is 252 g/mol. The molecule has 0 aliphatic heterocycles. The molecule has 0 aliphatic rings. The molecule has 0 bridgehead atoms. The van der Waals surface area contributed by atoms with E-state index in [1.54, 1.807) is 0 Å². The van der Waals surface area contributed by atoms with Crippen LogP contribution in [0.1, 0.15) is 30.4 Å². The number of hydrogen-bond donors (Lipinski definition) is 3. The van der Waals surface area contributed by atoms with Crippen LogP contribution in [0.2, 0.25) is 0 Å². The average Bonchev–Trinajstić information content (AvgIpc) is 2.53. The summed E-state index contributed by atoms with van der Waals surface area (Å²) in [4.78, 5) is 16.1. The highest BCUT2D eigenvalue weighted by atomic mass is 32.1. The van der Waals surface area contributed by atoms with Gasteiger partial charge in [0, 0.05) is 5.54 Å². The number of nitrogen functional groups attached to an aromatic ring is 1. The first-order chi connectivity index (χ1) is 7.83. The van der Waals surface area contributed by atoms with Gasteiger partial charge in [-0.05, 0) is 20.8 Å². The highest BCUT2D eigenvalue weighted by Crippen LogP contribution is 2.26. The summed E-state index contributed by atoms with van der Waals surface area (Å²) in [7, 11) is 0. The number of amides is 1. The number of carbonyl (C=O) groups is 1. The summed E-state index contributed by atoms with van der Waals surface area (Å²) >= 11 is 1.22. The molecular formula is C11H16N4OS. The third kappa shape index (κ3) is 3.96. The van der Waals surface area contributed by atoms with Crippen molar-refractivity contribution in [2.24, 2.45) is 0 Å². The molecular weight excluding hydrogens is 236 g/mol. The number of rotatable bonds is 3. The lowest BCUT2D eigenvalue weighted by molar-refractivity contribution is 0.0963. The fraction of sp³-hybridized carbons (Fsp3) is 0.455. The molecule has 1 rings (SSSR count). The van der Waals surface area contributed by atoms with Crippen molar-refractivity contribution >= 4 is 28.2 Å². The molecule has 4 N–H and O–H groups in total. The van der Waals surface area contributed by atoms with E-state index in [2.05, 4.69) is 21.5 Å². The zero-order valence-electron chi connectivity index (χ0n) is 10.1. The molecule has 92 valence electrons. The van der Waals surface area contributed by atoms with Gasteiger partial charge in [-0.2, -0.15) is 0 Å². The van der Waals surface area contributed by atoms with Crippen LogP contribution in [-0.2, 0) is 0 Å². The summed E-state index contributed by atoms with van der Waals surface area (Å²) in [6.45, 7) is 6.19. The van der Waals surface area contributed by atoms with Crippen LogP contribution in [0, 0.1) is 12.3 Å². The Morgan fingerprint density at radius 1 is 1.59 bits per heavy atom. The van der Waals surface area contributed by atoms with Gasteiger partial charge in [-0.15, -0.1) is 6.42 Å². The first-order valence-electron chi connectivity index (χ1n) is 5.09. The molecule has 0 radical (unpaired) electrons. The van der Waals surface area contributed by atoms with E-state index in [1.807, 2.05) is 20.8 Å². The molecule has 0 unspecified atom stereocenters. The van der Waals surface area contributed by atoms with E-state index in [4.69, 9.17) is 12.2 Å². The molecule has 0 spiro atoms. The van der Waals surface area contributed by atoms with E-state index in [9.17, 15) is 4.79 Å². The van der Waals surface area contributed by atoms with E-state index < -0.39 is 0 Å². The second-order valence-electron chi connectivity index (χ2n) is 4.50. The minimum Gasteiger partial charge on any atom is -0.382 e. The number of nitrogens with two attached hydrogens (primary N) is 1. The van der Waals surface area contributed by atoms with Gasteiger partial charge in [0.25, 0.3) is 5.91 Å². The number of carbonyl (C=O) groups excluding carboxylic acids is 1. The molecule has 1 aromatic rings. The zero-order valence-corrected chi connectivity index (χ0v) is 10.9. The molecule has 5 nitrogen and oxygen atoms in total. The standard InChI is InChI=1S/C11H16N4OS/c1-5-6-13-9(16)7-8(12)14-10(17-7)15-11(2,3)4/h1H,6,12H2,2-4H3,(H,13,16)(H,14,15). The Hall–Kier alpha value is -1.74. The quantitative estimate of drug-likeness (QED) is 0.708. The van der Waals surface area contributed by atoms with Gasteiger partial charge in [0.1, 0.15) is 10.7 Å². The van der Waals surface area contributed by atoms with Crippen LogP contribution in [0.4, 0.5) is 10.9 Å². The van der Waals surface area contributed by atoms with E-state index in [-0.39, 0.29) is 23.8 Å². The number of aromatic nitrogens is 1. The van der Waals surface area contributed by atoms with Crippen molar-refractivity contribution in [3.05, 3.63) is 4.88 Å². The van der Waals surface area contributed by atoms with Gasteiger partial charge in [0.15, 0.2) is 5.13 Å². The summed E-state index contributed by atoms with van der Waals surface area (Å²) in [5.41, 5.74) is 5.55. The van der Waals surface area contributed by atoms with Crippen LogP contribution in [0.3, 0.4) is 0 Å². The van der Waals surface area contributed by atoms with Gasteiger partial charge in [-0.1, -0.05) is 17.3 Å². The van der Waals surface area contributed by atoms with Gasteiger partial charge in [-0.3, -0.25) is 4.79 Å². The van der Waals surface area contributed by atoms with E-state index in [1.165, 1.54) is 11.3 Å².